The summed E-state index contributed by atoms with van der Waals surface area (Å²) in [5.41, 5.74) is -0.342. The van der Waals surface area contributed by atoms with Crippen LogP contribution >= 0.6 is 0 Å². The normalized spacial score (nSPS) is 25.6. The second-order valence-electron chi connectivity index (χ2n) is 7.46. The highest BCUT2D eigenvalue weighted by molar-refractivity contribution is 5.76. The van der Waals surface area contributed by atoms with Gasteiger partial charge in [0.05, 0.1) is 5.60 Å². The summed E-state index contributed by atoms with van der Waals surface area (Å²) in [4.78, 5) is 14.2. The predicted molar refractivity (Wildman–Crippen MR) is 80.5 cm³/mol. The highest BCUT2D eigenvalue weighted by Crippen LogP contribution is 2.39. The minimum atomic E-state index is -0.682. The molecule has 0 aromatic heterocycles. The molecule has 1 amide bonds. The quantitative estimate of drug-likeness (QED) is 0.810. The van der Waals surface area contributed by atoms with Crippen LogP contribution in [0.5, 0.6) is 0 Å². The summed E-state index contributed by atoms with van der Waals surface area (Å²) < 4.78 is 0. The van der Waals surface area contributed by atoms with Gasteiger partial charge >= 0.3 is 0 Å². The Bertz CT molecular complexity index is 325. The molecule has 0 unspecified atom stereocenters. The topological polar surface area (TPSA) is 52.6 Å². The molecule has 0 radical (unpaired) electrons. The molecule has 1 saturated heterocycles. The van der Waals surface area contributed by atoms with E-state index < -0.39 is 5.60 Å². The van der Waals surface area contributed by atoms with Gasteiger partial charge < -0.3 is 15.3 Å². The second kappa shape index (κ2) is 6.44. The third-order valence-corrected chi connectivity index (χ3v) is 5.00. The number of carbonyl (C=O) groups is 1. The maximum atomic E-state index is 11.9. The van der Waals surface area contributed by atoms with E-state index in [1.54, 1.807) is 0 Å². The van der Waals surface area contributed by atoms with Crippen LogP contribution in [0, 0.1) is 5.41 Å². The molecule has 1 heterocycles. The Kier molecular flexibility index (Phi) is 5.08. The number of aliphatic hydroxyl groups is 1. The molecule has 0 atom stereocenters. The Labute approximate surface area is 122 Å². The maximum absolute atomic E-state index is 11.9. The third-order valence-electron chi connectivity index (χ3n) is 5.00. The highest BCUT2D eigenvalue weighted by atomic mass is 16.3. The van der Waals surface area contributed by atoms with Gasteiger partial charge in [-0.3, -0.25) is 4.79 Å². The average Bonchev–Trinajstić information content (AvgIpc) is 2.92. The molecule has 2 rings (SSSR count). The van der Waals surface area contributed by atoms with E-state index in [1.807, 2.05) is 0 Å². The summed E-state index contributed by atoms with van der Waals surface area (Å²) >= 11 is 0. The first-order valence-electron chi connectivity index (χ1n) is 8.10. The summed E-state index contributed by atoms with van der Waals surface area (Å²) in [6, 6.07) is 0. The van der Waals surface area contributed by atoms with Gasteiger partial charge in [0.25, 0.3) is 0 Å². The molecular weight excluding hydrogens is 252 g/mol. The van der Waals surface area contributed by atoms with E-state index in [1.165, 1.54) is 12.8 Å². The van der Waals surface area contributed by atoms with Crippen molar-refractivity contribution >= 4 is 5.91 Å². The third kappa shape index (κ3) is 4.74. The van der Waals surface area contributed by atoms with Gasteiger partial charge in [-0.05, 0) is 57.0 Å². The Morgan fingerprint density at radius 1 is 1.15 bits per heavy atom. The molecule has 116 valence electrons. The van der Waals surface area contributed by atoms with Crippen LogP contribution in [0.1, 0.15) is 58.8 Å². The molecule has 0 aromatic rings. The Morgan fingerprint density at radius 3 is 2.35 bits per heavy atom. The van der Waals surface area contributed by atoms with Crippen LogP contribution in [0.15, 0.2) is 0 Å². The van der Waals surface area contributed by atoms with Gasteiger partial charge in [0.2, 0.25) is 5.91 Å². The predicted octanol–water partition coefficient (Wildman–Crippen LogP) is 1.92. The lowest BCUT2D eigenvalue weighted by Gasteiger charge is -2.40. The fourth-order valence-corrected chi connectivity index (χ4v) is 3.19. The van der Waals surface area contributed by atoms with Crippen molar-refractivity contribution in [2.24, 2.45) is 5.41 Å². The fourth-order valence-electron chi connectivity index (χ4n) is 3.19. The number of nitrogens with zero attached hydrogens (tertiary/aromatic N) is 1. The number of likely N-dealkylation sites (tertiary alicyclic amines) is 1. The Hall–Kier alpha value is -0.610. The number of nitrogens with one attached hydrogen (secondary N) is 1. The van der Waals surface area contributed by atoms with Crippen LogP contribution in [-0.2, 0) is 4.79 Å². The van der Waals surface area contributed by atoms with Crippen molar-refractivity contribution in [1.82, 2.24) is 10.2 Å². The first kappa shape index (κ1) is 15.8. The number of rotatable bonds is 5. The van der Waals surface area contributed by atoms with Gasteiger partial charge in [0.1, 0.15) is 0 Å². The zero-order chi connectivity index (χ0) is 14.6. The number of amides is 1. The van der Waals surface area contributed by atoms with Crippen molar-refractivity contribution in [2.45, 2.75) is 64.4 Å². The molecule has 2 aliphatic rings. The van der Waals surface area contributed by atoms with Crippen LogP contribution in [0.3, 0.4) is 0 Å². The summed E-state index contributed by atoms with van der Waals surface area (Å²) in [6.45, 7) is 8.04. The van der Waals surface area contributed by atoms with Crippen LogP contribution in [0.25, 0.3) is 0 Å². The SMILES string of the molecule is CC1(C)CCC(O)(CNC(=O)CCN2CCCC2)CC1. The standard InChI is InChI=1S/C16H30N2O2/c1-15(2)6-8-16(20,9-7-15)13-17-14(19)5-12-18-10-3-4-11-18/h20H,3-13H2,1-2H3,(H,17,19). The molecule has 2 fully saturated rings. The van der Waals surface area contributed by atoms with E-state index in [-0.39, 0.29) is 5.91 Å². The first-order valence-corrected chi connectivity index (χ1v) is 8.10. The molecule has 1 saturated carbocycles. The largest absolute Gasteiger partial charge is 0.388 e. The summed E-state index contributed by atoms with van der Waals surface area (Å²) in [7, 11) is 0. The van der Waals surface area contributed by atoms with Crippen molar-refractivity contribution < 1.29 is 9.90 Å². The monoisotopic (exact) mass is 282 g/mol. The van der Waals surface area contributed by atoms with Crippen LogP contribution in [0.4, 0.5) is 0 Å². The number of hydrogen-bond acceptors (Lipinski definition) is 3. The van der Waals surface area contributed by atoms with E-state index in [0.29, 0.717) is 18.4 Å². The van der Waals surface area contributed by atoms with E-state index in [2.05, 4.69) is 24.1 Å². The summed E-state index contributed by atoms with van der Waals surface area (Å²) in [6.07, 6.45) is 6.75. The molecule has 20 heavy (non-hydrogen) atoms. The van der Waals surface area contributed by atoms with E-state index in [9.17, 15) is 9.90 Å². The van der Waals surface area contributed by atoms with Gasteiger partial charge in [-0.25, -0.2) is 0 Å². The summed E-state index contributed by atoms with van der Waals surface area (Å²) in [5.74, 6) is 0.0789. The van der Waals surface area contributed by atoms with Gasteiger partial charge in [-0.1, -0.05) is 13.8 Å². The zero-order valence-corrected chi connectivity index (χ0v) is 13.1. The van der Waals surface area contributed by atoms with Crippen molar-refractivity contribution in [3.05, 3.63) is 0 Å². The minimum Gasteiger partial charge on any atom is -0.388 e. The van der Waals surface area contributed by atoms with Gasteiger partial charge in [0.15, 0.2) is 0 Å². The molecule has 0 aromatic carbocycles. The van der Waals surface area contributed by atoms with Crippen LogP contribution < -0.4 is 5.32 Å². The number of carbonyl (C=O) groups excluding carboxylic acids is 1. The van der Waals surface area contributed by atoms with Crippen LogP contribution in [0.2, 0.25) is 0 Å². The average molecular weight is 282 g/mol. The molecule has 4 heteroatoms. The maximum Gasteiger partial charge on any atom is 0.221 e. The minimum absolute atomic E-state index is 0.0789. The van der Waals surface area contributed by atoms with E-state index in [4.69, 9.17) is 0 Å². The molecule has 1 aliphatic carbocycles. The second-order valence-corrected chi connectivity index (χ2v) is 7.46. The Balaban J connectivity index is 1.65. The van der Waals surface area contributed by atoms with E-state index in [0.717, 1.165) is 45.3 Å². The van der Waals surface area contributed by atoms with Crippen molar-refractivity contribution in [2.75, 3.05) is 26.2 Å². The highest BCUT2D eigenvalue weighted by Gasteiger charge is 2.36. The van der Waals surface area contributed by atoms with Crippen LogP contribution in [-0.4, -0.2) is 47.7 Å². The first-order chi connectivity index (χ1) is 9.39. The van der Waals surface area contributed by atoms with Crippen molar-refractivity contribution in [3.8, 4) is 0 Å². The molecule has 2 N–H and O–H groups in total. The molecule has 1 aliphatic heterocycles. The Morgan fingerprint density at radius 2 is 1.75 bits per heavy atom. The lowest BCUT2D eigenvalue weighted by atomic mass is 9.71. The van der Waals surface area contributed by atoms with Gasteiger partial charge in [-0.15, -0.1) is 0 Å². The summed E-state index contributed by atoms with van der Waals surface area (Å²) in [5, 5.41) is 13.4. The molecule has 0 bridgehead atoms. The van der Waals surface area contributed by atoms with Crippen molar-refractivity contribution in [3.63, 3.8) is 0 Å². The van der Waals surface area contributed by atoms with Crippen molar-refractivity contribution in [1.29, 1.82) is 0 Å². The molecular formula is C16H30N2O2. The lowest BCUT2D eigenvalue weighted by molar-refractivity contribution is -0.123. The van der Waals surface area contributed by atoms with Gasteiger partial charge in [0, 0.05) is 19.5 Å². The zero-order valence-electron chi connectivity index (χ0n) is 13.1. The molecule has 4 nitrogen and oxygen atoms in total. The van der Waals surface area contributed by atoms with E-state index >= 15 is 0 Å². The molecule has 0 spiro atoms. The smallest absolute Gasteiger partial charge is 0.221 e. The number of hydrogen-bond donors (Lipinski definition) is 2. The lowest BCUT2D eigenvalue weighted by Crippen LogP contribution is -2.46. The fraction of sp³-hybridized carbons (Fsp3) is 0.938. The van der Waals surface area contributed by atoms with Gasteiger partial charge in [-0.2, -0.15) is 0 Å².